The van der Waals surface area contributed by atoms with Crippen LogP contribution in [-0.4, -0.2) is 36.1 Å². The largest absolute Gasteiger partial charge is 0.335 e. The summed E-state index contributed by atoms with van der Waals surface area (Å²) in [7, 11) is 0. The van der Waals surface area contributed by atoms with Gasteiger partial charge in [-0.3, -0.25) is 4.90 Å². The SMILES string of the molecule is c1ccc(N2CCN(c3nc4ccccc4[nH]3)CC2)[nH+]c1. The van der Waals surface area contributed by atoms with Crippen LogP contribution in [0.2, 0.25) is 0 Å². The lowest BCUT2D eigenvalue weighted by molar-refractivity contribution is -0.364. The van der Waals surface area contributed by atoms with Crippen molar-refractivity contribution >= 4 is 22.8 Å². The Hall–Kier alpha value is -2.56. The van der Waals surface area contributed by atoms with E-state index in [1.54, 1.807) is 0 Å². The maximum Gasteiger partial charge on any atom is 0.274 e. The normalized spacial score (nSPS) is 15.6. The third kappa shape index (κ3) is 2.31. The van der Waals surface area contributed by atoms with Crippen LogP contribution < -0.4 is 14.8 Å². The number of rotatable bonds is 2. The Morgan fingerprint density at radius 1 is 0.905 bits per heavy atom. The number of anilines is 2. The Balaban J connectivity index is 1.50. The van der Waals surface area contributed by atoms with Gasteiger partial charge in [-0.1, -0.05) is 18.2 Å². The first-order valence-corrected chi connectivity index (χ1v) is 7.31. The lowest BCUT2D eigenvalue weighted by Gasteiger charge is -2.30. The monoisotopic (exact) mass is 280 g/mol. The number of aromatic nitrogens is 3. The van der Waals surface area contributed by atoms with E-state index < -0.39 is 0 Å². The molecule has 0 amide bonds. The average Bonchev–Trinajstić information content (AvgIpc) is 3.00. The van der Waals surface area contributed by atoms with E-state index in [0.717, 1.165) is 43.2 Å². The molecule has 21 heavy (non-hydrogen) atoms. The minimum Gasteiger partial charge on any atom is -0.335 e. The van der Waals surface area contributed by atoms with E-state index in [9.17, 15) is 0 Å². The summed E-state index contributed by atoms with van der Waals surface area (Å²) in [6.07, 6.45) is 1.97. The minimum absolute atomic E-state index is 0.975. The summed E-state index contributed by atoms with van der Waals surface area (Å²) in [5.41, 5.74) is 2.14. The van der Waals surface area contributed by atoms with Crippen LogP contribution in [0.4, 0.5) is 11.8 Å². The highest BCUT2D eigenvalue weighted by atomic mass is 15.3. The zero-order chi connectivity index (χ0) is 14.1. The number of para-hydroxylation sites is 2. The van der Waals surface area contributed by atoms with Crippen molar-refractivity contribution in [1.29, 1.82) is 0 Å². The smallest absolute Gasteiger partial charge is 0.274 e. The summed E-state index contributed by atoms with van der Waals surface area (Å²) in [5, 5.41) is 0. The average molecular weight is 280 g/mol. The van der Waals surface area contributed by atoms with Gasteiger partial charge >= 0.3 is 0 Å². The molecule has 3 aromatic rings. The molecule has 3 heterocycles. The fourth-order valence-corrected chi connectivity index (χ4v) is 2.83. The molecule has 0 radical (unpaired) electrons. The second-order valence-electron chi connectivity index (χ2n) is 5.30. The van der Waals surface area contributed by atoms with E-state index in [1.165, 1.54) is 5.82 Å². The number of imidazole rings is 1. The van der Waals surface area contributed by atoms with Crippen LogP contribution in [0.15, 0.2) is 48.7 Å². The summed E-state index contributed by atoms with van der Waals surface area (Å²) in [6.45, 7) is 3.94. The first-order chi connectivity index (χ1) is 10.4. The molecule has 1 saturated heterocycles. The predicted molar refractivity (Wildman–Crippen MR) is 83.5 cm³/mol. The van der Waals surface area contributed by atoms with Gasteiger partial charge in [-0.15, -0.1) is 0 Å². The highest BCUT2D eigenvalue weighted by molar-refractivity contribution is 5.77. The van der Waals surface area contributed by atoms with Crippen LogP contribution in [0.1, 0.15) is 0 Å². The number of fused-ring (bicyclic) bond motifs is 1. The van der Waals surface area contributed by atoms with Crippen LogP contribution in [0, 0.1) is 0 Å². The highest BCUT2D eigenvalue weighted by Crippen LogP contribution is 2.19. The number of pyridine rings is 1. The lowest BCUT2D eigenvalue weighted by atomic mass is 10.3. The summed E-state index contributed by atoms with van der Waals surface area (Å²) in [4.78, 5) is 16.1. The van der Waals surface area contributed by atoms with Gasteiger partial charge in [0.25, 0.3) is 5.82 Å². The van der Waals surface area contributed by atoms with Gasteiger partial charge < -0.3 is 9.88 Å². The third-order valence-corrected chi connectivity index (χ3v) is 3.99. The maximum atomic E-state index is 4.68. The number of nitrogens with one attached hydrogen (secondary N) is 2. The van der Waals surface area contributed by atoms with Crippen molar-refractivity contribution in [2.24, 2.45) is 0 Å². The Morgan fingerprint density at radius 2 is 1.67 bits per heavy atom. The van der Waals surface area contributed by atoms with Gasteiger partial charge in [0.15, 0.2) is 0 Å². The van der Waals surface area contributed by atoms with Gasteiger partial charge in [0, 0.05) is 6.07 Å². The molecule has 106 valence electrons. The number of hydrogen-bond acceptors (Lipinski definition) is 3. The molecule has 5 heteroatoms. The molecule has 0 saturated carbocycles. The van der Waals surface area contributed by atoms with Gasteiger partial charge in [0.2, 0.25) is 5.95 Å². The Morgan fingerprint density at radius 3 is 2.43 bits per heavy atom. The van der Waals surface area contributed by atoms with Gasteiger partial charge in [0.05, 0.1) is 30.3 Å². The van der Waals surface area contributed by atoms with Crippen molar-refractivity contribution in [1.82, 2.24) is 9.97 Å². The van der Waals surface area contributed by atoms with Gasteiger partial charge in [-0.2, -0.15) is 0 Å². The summed E-state index contributed by atoms with van der Waals surface area (Å²) in [6, 6.07) is 14.4. The van der Waals surface area contributed by atoms with Gasteiger partial charge in [-0.25, -0.2) is 9.97 Å². The Labute approximate surface area is 123 Å². The van der Waals surface area contributed by atoms with E-state index in [0.29, 0.717) is 0 Å². The van der Waals surface area contributed by atoms with Crippen molar-refractivity contribution < 1.29 is 4.98 Å². The van der Waals surface area contributed by atoms with Crippen molar-refractivity contribution in [3.05, 3.63) is 48.7 Å². The fraction of sp³-hybridized carbons (Fsp3) is 0.250. The van der Waals surface area contributed by atoms with Crippen LogP contribution in [0.25, 0.3) is 11.0 Å². The molecular weight excluding hydrogens is 262 g/mol. The Bertz CT molecular complexity index is 696. The van der Waals surface area contributed by atoms with Crippen LogP contribution in [0.5, 0.6) is 0 Å². The second kappa shape index (κ2) is 5.09. The van der Waals surface area contributed by atoms with E-state index >= 15 is 0 Å². The molecule has 1 aliphatic heterocycles. The van der Waals surface area contributed by atoms with E-state index in [4.69, 9.17) is 0 Å². The summed E-state index contributed by atoms with van der Waals surface area (Å²) < 4.78 is 0. The molecule has 1 aromatic carbocycles. The molecule has 5 nitrogen and oxygen atoms in total. The molecule has 1 aliphatic rings. The van der Waals surface area contributed by atoms with E-state index in [-0.39, 0.29) is 0 Å². The van der Waals surface area contributed by atoms with Crippen molar-refractivity contribution in [3.8, 4) is 0 Å². The maximum absolute atomic E-state index is 4.68. The van der Waals surface area contributed by atoms with Crippen LogP contribution >= 0.6 is 0 Å². The fourth-order valence-electron chi connectivity index (χ4n) is 2.83. The molecule has 0 spiro atoms. The number of aromatic amines is 2. The quantitative estimate of drug-likeness (QED) is 0.777. The molecule has 0 aliphatic carbocycles. The number of piperazine rings is 1. The number of hydrogen-bond donors (Lipinski definition) is 1. The zero-order valence-electron chi connectivity index (χ0n) is 11.8. The minimum atomic E-state index is 0.975. The topological polar surface area (TPSA) is 49.3 Å². The second-order valence-corrected chi connectivity index (χ2v) is 5.30. The van der Waals surface area contributed by atoms with Gasteiger partial charge in [-0.05, 0) is 18.2 Å². The number of H-pyrrole nitrogens is 2. The Kier molecular flexibility index (Phi) is 2.96. The van der Waals surface area contributed by atoms with Gasteiger partial charge in [0.1, 0.15) is 13.1 Å². The molecule has 2 aromatic heterocycles. The molecule has 0 unspecified atom stereocenters. The standard InChI is InChI=1S/C16H17N5/c1-2-6-14-13(5-1)18-16(19-14)21-11-9-20(10-12-21)15-7-3-4-8-17-15/h1-8H,9-12H2,(H,18,19)/p+1. The van der Waals surface area contributed by atoms with Crippen molar-refractivity contribution in [2.75, 3.05) is 36.0 Å². The zero-order valence-corrected chi connectivity index (χ0v) is 11.8. The molecule has 2 N–H and O–H groups in total. The molecule has 0 bridgehead atoms. The molecule has 0 atom stereocenters. The molecule has 1 fully saturated rings. The molecule has 4 rings (SSSR count). The third-order valence-electron chi connectivity index (χ3n) is 3.99. The van der Waals surface area contributed by atoms with E-state index in [1.807, 2.05) is 30.5 Å². The van der Waals surface area contributed by atoms with Crippen molar-refractivity contribution in [3.63, 3.8) is 0 Å². The summed E-state index contributed by atoms with van der Waals surface area (Å²) >= 11 is 0. The number of benzene rings is 1. The highest BCUT2D eigenvalue weighted by Gasteiger charge is 2.24. The molecular formula is C16H18N5+. The number of nitrogens with zero attached hydrogens (tertiary/aromatic N) is 3. The lowest BCUT2D eigenvalue weighted by Crippen LogP contribution is -2.48. The summed E-state index contributed by atoms with van der Waals surface area (Å²) in [5.74, 6) is 2.16. The predicted octanol–water partition coefficient (Wildman–Crippen LogP) is 1.70. The first-order valence-electron chi connectivity index (χ1n) is 7.31. The van der Waals surface area contributed by atoms with E-state index in [2.05, 4.69) is 43.0 Å². The first kappa shape index (κ1) is 12.2. The van der Waals surface area contributed by atoms with Crippen LogP contribution in [0.3, 0.4) is 0 Å². The van der Waals surface area contributed by atoms with Crippen molar-refractivity contribution in [2.45, 2.75) is 0 Å². The van der Waals surface area contributed by atoms with Crippen LogP contribution in [-0.2, 0) is 0 Å².